The molecule has 1 aromatic rings. The van der Waals surface area contributed by atoms with Gasteiger partial charge < -0.3 is 10.6 Å². The molecule has 1 aliphatic heterocycles. The molecule has 0 unspecified atom stereocenters. The van der Waals surface area contributed by atoms with Crippen LogP contribution in [0.5, 0.6) is 0 Å². The van der Waals surface area contributed by atoms with Crippen LogP contribution in [0.3, 0.4) is 0 Å². The van der Waals surface area contributed by atoms with Crippen LogP contribution in [-0.2, 0) is 0 Å². The Kier molecular flexibility index (Phi) is 2.90. The summed E-state index contributed by atoms with van der Waals surface area (Å²) in [5.74, 6) is 0.792. The Morgan fingerprint density at radius 3 is 3.00 bits per heavy atom. The van der Waals surface area contributed by atoms with Gasteiger partial charge in [-0.3, -0.25) is 0 Å². The van der Waals surface area contributed by atoms with E-state index in [9.17, 15) is 0 Å². The molecular formula is C8H9ClIN3. The average molecular weight is 310 g/mol. The molecular weight excluding hydrogens is 300 g/mol. The number of pyridine rings is 1. The van der Waals surface area contributed by atoms with Crippen molar-refractivity contribution in [1.82, 2.24) is 10.3 Å². The number of halogens is 2. The zero-order valence-electron chi connectivity index (χ0n) is 6.85. The monoisotopic (exact) mass is 309 g/mol. The molecule has 0 aliphatic carbocycles. The fourth-order valence-corrected chi connectivity index (χ4v) is 1.69. The molecule has 0 amide bonds. The van der Waals surface area contributed by atoms with Crippen LogP contribution in [0.2, 0.25) is 5.02 Å². The second kappa shape index (κ2) is 3.98. The maximum absolute atomic E-state index is 6.07. The van der Waals surface area contributed by atoms with Crippen LogP contribution >= 0.6 is 34.2 Å². The molecule has 1 aromatic heterocycles. The van der Waals surface area contributed by atoms with Gasteiger partial charge in [-0.1, -0.05) is 11.6 Å². The number of nitrogens with one attached hydrogen (secondary N) is 2. The van der Waals surface area contributed by atoms with Crippen LogP contribution in [0.15, 0.2) is 12.3 Å². The van der Waals surface area contributed by atoms with Gasteiger partial charge in [-0.15, -0.1) is 0 Å². The van der Waals surface area contributed by atoms with Crippen LogP contribution in [-0.4, -0.2) is 24.1 Å². The first-order valence-corrected chi connectivity index (χ1v) is 5.50. The quantitative estimate of drug-likeness (QED) is 0.817. The van der Waals surface area contributed by atoms with Crippen molar-refractivity contribution in [3.05, 3.63) is 20.9 Å². The van der Waals surface area contributed by atoms with Gasteiger partial charge in [-0.25, -0.2) is 4.98 Å². The summed E-state index contributed by atoms with van der Waals surface area (Å²) < 4.78 is 1.03. The van der Waals surface area contributed by atoms with E-state index < -0.39 is 0 Å². The summed E-state index contributed by atoms with van der Waals surface area (Å²) >= 11 is 8.26. The smallest absolute Gasteiger partial charge is 0.146 e. The number of anilines is 1. The van der Waals surface area contributed by atoms with Gasteiger partial charge >= 0.3 is 0 Å². The molecule has 0 bridgehead atoms. The zero-order valence-corrected chi connectivity index (χ0v) is 9.76. The van der Waals surface area contributed by atoms with Crippen molar-refractivity contribution in [2.24, 2.45) is 0 Å². The van der Waals surface area contributed by atoms with E-state index in [1.54, 1.807) is 6.20 Å². The third kappa shape index (κ3) is 2.05. The van der Waals surface area contributed by atoms with Crippen LogP contribution in [0.1, 0.15) is 0 Å². The summed E-state index contributed by atoms with van der Waals surface area (Å²) in [6.45, 7) is 1.98. The van der Waals surface area contributed by atoms with E-state index >= 15 is 0 Å². The van der Waals surface area contributed by atoms with Gasteiger partial charge in [0.25, 0.3) is 0 Å². The van der Waals surface area contributed by atoms with Crippen molar-refractivity contribution in [3.63, 3.8) is 0 Å². The zero-order chi connectivity index (χ0) is 9.26. The maximum Gasteiger partial charge on any atom is 0.146 e. The first kappa shape index (κ1) is 9.48. The number of nitrogens with zero attached hydrogens (tertiary/aromatic N) is 1. The normalized spacial score (nSPS) is 16.8. The van der Waals surface area contributed by atoms with E-state index in [-0.39, 0.29) is 0 Å². The Bertz CT molecular complexity index is 314. The van der Waals surface area contributed by atoms with Crippen molar-refractivity contribution in [2.45, 2.75) is 6.04 Å². The third-order valence-electron chi connectivity index (χ3n) is 1.96. The van der Waals surface area contributed by atoms with Crippen LogP contribution in [0.4, 0.5) is 5.82 Å². The highest BCUT2D eigenvalue weighted by Gasteiger charge is 2.18. The SMILES string of the molecule is Clc1c(I)ccnc1NC1CNC1. The number of hydrogen-bond donors (Lipinski definition) is 2. The van der Waals surface area contributed by atoms with Crippen LogP contribution in [0.25, 0.3) is 0 Å². The molecule has 2 rings (SSSR count). The van der Waals surface area contributed by atoms with Crippen molar-refractivity contribution in [1.29, 1.82) is 0 Å². The Morgan fingerprint density at radius 2 is 2.38 bits per heavy atom. The Balaban J connectivity index is 2.14. The van der Waals surface area contributed by atoms with Crippen LogP contribution in [0, 0.1) is 3.57 Å². The molecule has 1 fully saturated rings. The van der Waals surface area contributed by atoms with Gasteiger partial charge in [0.05, 0.1) is 11.1 Å². The summed E-state index contributed by atoms with van der Waals surface area (Å²) in [4.78, 5) is 4.19. The predicted molar refractivity (Wildman–Crippen MR) is 62.2 cm³/mol. The fourth-order valence-electron chi connectivity index (χ4n) is 1.10. The minimum absolute atomic E-state index is 0.475. The minimum atomic E-state index is 0.475. The van der Waals surface area contributed by atoms with Gasteiger partial charge in [-0.05, 0) is 28.7 Å². The predicted octanol–water partition coefficient (Wildman–Crippen LogP) is 1.72. The van der Waals surface area contributed by atoms with Gasteiger partial charge in [-0.2, -0.15) is 0 Å². The molecule has 0 spiro atoms. The number of rotatable bonds is 2. The minimum Gasteiger partial charge on any atom is -0.364 e. The number of aromatic nitrogens is 1. The topological polar surface area (TPSA) is 37.0 Å². The first-order valence-electron chi connectivity index (χ1n) is 4.04. The fraction of sp³-hybridized carbons (Fsp3) is 0.375. The lowest BCUT2D eigenvalue weighted by atomic mass is 10.2. The van der Waals surface area contributed by atoms with E-state index in [1.165, 1.54) is 0 Å². The highest BCUT2D eigenvalue weighted by molar-refractivity contribution is 14.1. The summed E-state index contributed by atoms with van der Waals surface area (Å²) in [7, 11) is 0. The highest BCUT2D eigenvalue weighted by atomic mass is 127. The lowest BCUT2D eigenvalue weighted by Gasteiger charge is -2.28. The second-order valence-electron chi connectivity index (χ2n) is 2.95. The third-order valence-corrected chi connectivity index (χ3v) is 3.56. The maximum atomic E-state index is 6.07. The molecule has 5 heteroatoms. The summed E-state index contributed by atoms with van der Waals surface area (Å²) in [5, 5.41) is 7.17. The summed E-state index contributed by atoms with van der Waals surface area (Å²) in [6, 6.07) is 2.37. The largest absolute Gasteiger partial charge is 0.364 e. The Morgan fingerprint density at radius 1 is 1.62 bits per heavy atom. The van der Waals surface area contributed by atoms with E-state index in [0.717, 1.165) is 27.5 Å². The highest BCUT2D eigenvalue weighted by Crippen LogP contribution is 2.25. The molecule has 0 saturated carbocycles. The molecule has 3 nitrogen and oxygen atoms in total. The van der Waals surface area contributed by atoms with E-state index in [0.29, 0.717) is 6.04 Å². The molecule has 13 heavy (non-hydrogen) atoms. The molecule has 0 radical (unpaired) electrons. The standard InChI is InChI=1S/C8H9ClIN3/c9-7-6(10)1-2-12-8(7)13-5-3-11-4-5/h1-2,5,11H,3-4H2,(H,12,13). The summed E-state index contributed by atoms with van der Waals surface area (Å²) in [6.07, 6.45) is 1.77. The van der Waals surface area contributed by atoms with E-state index in [1.807, 2.05) is 6.07 Å². The van der Waals surface area contributed by atoms with Gasteiger partial charge in [0.1, 0.15) is 5.82 Å². The van der Waals surface area contributed by atoms with Crippen molar-refractivity contribution < 1.29 is 0 Å². The van der Waals surface area contributed by atoms with Gasteiger partial charge in [0.15, 0.2) is 0 Å². The Hall–Kier alpha value is -0.0700. The van der Waals surface area contributed by atoms with Crippen molar-refractivity contribution >= 4 is 40.0 Å². The molecule has 2 N–H and O–H groups in total. The van der Waals surface area contributed by atoms with Gasteiger partial charge in [0, 0.05) is 22.9 Å². The molecule has 1 saturated heterocycles. The summed E-state index contributed by atoms with van der Waals surface area (Å²) in [5.41, 5.74) is 0. The van der Waals surface area contributed by atoms with Gasteiger partial charge in [0.2, 0.25) is 0 Å². The van der Waals surface area contributed by atoms with E-state index in [4.69, 9.17) is 11.6 Å². The average Bonchev–Trinajstić information content (AvgIpc) is 2.04. The molecule has 1 aliphatic rings. The van der Waals surface area contributed by atoms with Crippen LogP contribution < -0.4 is 10.6 Å². The molecule has 0 atom stereocenters. The first-order chi connectivity index (χ1) is 6.27. The molecule has 2 heterocycles. The molecule has 70 valence electrons. The Labute approximate surface area is 95.4 Å². The van der Waals surface area contributed by atoms with Crippen molar-refractivity contribution in [3.8, 4) is 0 Å². The number of hydrogen-bond acceptors (Lipinski definition) is 3. The van der Waals surface area contributed by atoms with E-state index in [2.05, 4.69) is 38.2 Å². The lowest BCUT2D eigenvalue weighted by molar-refractivity contribution is 0.471. The molecule has 0 aromatic carbocycles. The van der Waals surface area contributed by atoms with Crippen molar-refractivity contribution in [2.75, 3.05) is 18.4 Å². The lowest BCUT2D eigenvalue weighted by Crippen LogP contribution is -2.51. The second-order valence-corrected chi connectivity index (χ2v) is 4.50.